The van der Waals surface area contributed by atoms with E-state index in [0.717, 1.165) is 42.9 Å². The highest BCUT2D eigenvalue weighted by molar-refractivity contribution is 6.42. The fraction of sp³-hybridized carbons (Fsp3) is 0.370. The van der Waals surface area contributed by atoms with Crippen molar-refractivity contribution in [2.75, 3.05) is 93.5 Å². The molecule has 2 heterocycles. The number of fused-ring (bicyclic) bond motifs is 2. The fourth-order valence-electron chi connectivity index (χ4n) is 7.68. The zero-order chi connectivity index (χ0) is 49.2. The second-order valence-corrected chi connectivity index (χ2v) is 17.0. The Morgan fingerprint density at radius 1 is 0.623 bits per heavy atom. The number of esters is 1. The van der Waals surface area contributed by atoms with Crippen molar-refractivity contribution in [2.45, 2.75) is 40.2 Å². The van der Waals surface area contributed by atoms with Gasteiger partial charge in [-0.3, -0.25) is 8.63 Å². The van der Waals surface area contributed by atoms with Crippen LogP contribution in [0.25, 0.3) is 45.3 Å². The Morgan fingerprint density at radius 2 is 1.09 bits per heavy atom. The van der Waals surface area contributed by atoms with Crippen molar-refractivity contribution >= 4 is 64.4 Å². The number of nitrogens with zero attached hydrogens (tertiary/aromatic N) is 2. The molecule has 0 aliphatic carbocycles. The van der Waals surface area contributed by atoms with Gasteiger partial charge >= 0.3 is 13.4 Å². The lowest BCUT2D eigenvalue weighted by Crippen LogP contribution is -2.27. The first-order valence-electron chi connectivity index (χ1n) is 23.1. The van der Waals surface area contributed by atoms with E-state index in [1.807, 2.05) is 97.9 Å². The number of hydrogen-bond donors (Lipinski definition) is 0. The Bertz CT molecular complexity index is 2670. The van der Waals surface area contributed by atoms with Crippen molar-refractivity contribution in [2.24, 2.45) is 4.99 Å². The average molecular weight is 949 g/mol. The number of benzene rings is 4. The van der Waals surface area contributed by atoms with E-state index in [2.05, 4.69) is 0 Å². The average Bonchev–Trinajstić information content (AvgIpc) is 3.86. The molecule has 366 valence electrons. The third-order valence-corrected chi connectivity index (χ3v) is 10.8. The van der Waals surface area contributed by atoms with Crippen LogP contribution in [-0.2, 0) is 38.0 Å². The minimum atomic E-state index is -3.01. The molecule has 5 aromatic rings. The van der Waals surface area contributed by atoms with E-state index in [9.17, 15) is 4.79 Å². The van der Waals surface area contributed by atoms with Gasteiger partial charge in [-0.2, -0.15) is 0 Å². The topological polar surface area (TPSA) is 117 Å². The molecule has 15 heteroatoms. The molecule has 0 saturated heterocycles. The summed E-state index contributed by atoms with van der Waals surface area (Å²) < 4.78 is 82.1. The third-order valence-electron chi connectivity index (χ3n) is 10.8. The predicted octanol–water partition coefficient (Wildman–Crippen LogP) is 10.3. The lowest BCUT2D eigenvalue weighted by atomic mass is 10.0. The summed E-state index contributed by atoms with van der Waals surface area (Å²) in [6.07, 6.45) is 9.04. The summed E-state index contributed by atoms with van der Waals surface area (Å²) in [5.74, 6) is 0.634. The number of carbonyl (C=O) groups is 1. The van der Waals surface area contributed by atoms with Crippen molar-refractivity contribution in [1.82, 2.24) is 4.48 Å². The first-order chi connectivity index (χ1) is 33.4. The molecule has 1 aliphatic heterocycles. The maximum atomic E-state index is 15.5. The van der Waals surface area contributed by atoms with Gasteiger partial charge in [-0.05, 0) is 104 Å². The van der Waals surface area contributed by atoms with Crippen LogP contribution in [0, 0.1) is 6.92 Å². The second-order valence-electron chi connectivity index (χ2n) is 17.0. The Hall–Kier alpha value is -5.94. The lowest BCUT2D eigenvalue weighted by molar-refractivity contribution is -0.147. The Morgan fingerprint density at radius 3 is 1.57 bits per heavy atom. The summed E-state index contributed by atoms with van der Waals surface area (Å²) in [6, 6.07) is 25.0. The van der Waals surface area contributed by atoms with E-state index in [-0.39, 0.29) is 22.7 Å². The van der Waals surface area contributed by atoms with Crippen LogP contribution in [0.5, 0.6) is 11.5 Å². The van der Waals surface area contributed by atoms with Gasteiger partial charge in [0.1, 0.15) is 35.9 Å². The Kier molecular flexibility index (Phi) is 19.9. The summed E-state index contributed by atoms with van der Waals surface area (Å²) in [4.78, 5) is 19.2. The number of aliphatic imine (C=N–C) groups is 1. The molecule has 0 atom stereocenters. The van der Waals surface area contributed by atoms with Crippen LogP contribution in [0.3, 0.4) is 0 Å². The van der Waals surface area contributed by atoms with Crippen molar-refractivity contribution in [3.63, 3.8) is 0 Å². The van der Waals surface area contributed by atoms with Crippen molar-refractivity contribution < 1.29 is 56.1 Å². The van der Waals surface area contributed by atoms with Gasteiger partial charge in [-0.1, -0.05) is 72.8 Å². The van der Waals surface area contributed by atoms with Crippen molar-refractivity contribution in [1.29, 1.82) is 0 Å². The third kappa shape index (κ3) is 14.8. The van der Waals surface area contributed by atoms with Crippen LogP contribution >= 0.6 is 0 Å². The van der Waals surface area contributed by atoms with E-state index >= 15 is 8.63 Å². The molecule has 0 fully saturated rings. The van der Waals surface area contributed by atoms with Crippen LogP contribution in [0.4, 0.5) is 8.63 Å². The molecule has 6 rings (SSSR count). The second kappa shape index (κ2) is 26.2. The molecule has 0 unspecified atom stereocenters. The molecule has 0 bridgehead atoms. The highest BCUT2D eigenvalue weighted by Crippen LogP contribution is 2.37. The summed E-state index contributed by atoms with van der Waals surface area (Å²) >= 11 is 0. The summed E-state index contributed by atoms with van der Waals surface area (Å²) in [7, 11) is 0.249. The number of aromatic nitrogens is 1. The maximum absolute atomic E-state index is 15.5. The van der Waals surface area contributed by atoms with Gasteiger partial charge in [0, 0.05) is 30.7 Å². The lowest BCUT2D eigenvalue weighted by Gasteiger charge is -2.22. The summed E-state index contributed by atoms with van der Waals surface area (Å²) in [5, 5.41) is 3.62. The summed E-state index contributed by atoms with van der Waals surface area (Å²) in [5.41, 5.74) is 2.83. The minimum absolute atomic E-state index is 0.0235. The Balaban J connectivity index is 1.25. The largest absolute Gasteiger partial charge is 0.678 e. The number of allylic oxidation sites excluding steroid dienone is 3. The predicted molar refractivity (Wildman–Crippen MR) is 270 cm³/mol. The molecule has 12 nitrogen and oxygen atoms in total. The molecule has 4 aromatic carbocycles. The van der Waals surface area contributed by atoms with Crippen LogP contribution in [-0.4, -0.2) is 123 Å². The summed E-state index contributed by atoms with van der Waals surface area (Å²) in [6.45, 7) is 14.2. The number of halogens is 2. The highest BCUT2D eigenvalue weighted by atomic mass is 19.2. The van der Waals surface area contributed by atoms with E-state index in [0.29, 0.717) is 102 Å². The maximum Gasteiger partial charge on any atom is 0.678 e. The Labute approximate surface area is 404 Å². The number of ether oxygens (including phenoxy) is 9. The first-order valence-corrected chi connectivity index (χ1v) is 23.1. The van der Waals surface area contributed by atoms with Crippen molar-refractivity contribution in [3.8, 4) is 11.5 Å². The molecule has 0 saturated carbocycles. The molecule has 0 spiro atoms. The number of hydrogen-bond acceptors (Lipinski definition) is 11. The first kappa shape index (κ1) is 52.4. The number of aryl methyl sites for hydroxylation is 1. The van der Waals surface area contributed by atoms with Gasteiger partial charge in [-0.15, -0.1) is 0 Å². The fourth-order valence-corrected chi connectivity index (χ4v) is 7.68. The number of rotatable bonds is 27. The van der Waals surface area contributed by atoms with Gasteiger partial charge in [0.05, 0.1) is 83.2 Å². The van der Waals surface area contributed by atoms with Gasteiger partial charge < -0.3 is 47.1 Å². The molecule has 0 N–H and O–H groups in total. The van der Waals surface area contributed by atoms with Crippen molar-refractivity contribution in [3.05, 3.63) is 130 Å². The molecule has 69 heavy (non-hydrogen) atoms. The molecule has 0 radical (unpaired) electrons. The van der Waals surface area contributed by atoms with Crippen LogP contribution in [0.1, 0.15) is 55.8 Å². The van der Waals surface area contributed by atoms with E-state index in [1.54, 1.807) is 60.1 Å². The van der Waals surface area contributed by atoms with Crippen LogP contribution in [0.15, 0.2) is 107 Å². The van der Waals surface area contributed by atoms with Gasteiger partial charge in [0.15, 0.2) is 0 Å². The highest BCUT2D eigenvalue weighted by Gasteiger charge is 2.34. The van der Waals surface area contributed by atoms with Crippen LogP contribution < -0.4 is 9.47 Å². The number of carbonyl (C=O) groups excluding carboxylic acids is 1. The normalized spacial score (nSPS) is 13.8. The van der Waals surface area contributed by atoms with Crippen LogP contribution in [0.2, 0.25) is 0 Å². The standard InChI is InChI=1S/C54H63BF2N2O10/c1-38-36-42(20-16-40-18-22-48(46-14-10-8-12-44(40)46)67-34-32-65-30-28-63-26-24-61-6)58-51(38)50(53(60)69-54(3,4)5)52-39(2)37-43(59(52)55(56)57)21-17-41-19-23-49(47-15-11-9-13-45(41)47)68-35-33-66-31-29-64-27-25-62-7/h8-23,36-37H,24-35H2,1-7H3/b20-16+,21-17+,51-50+. The molecule has 1 aliphatic rings. The number of methoxy groups -OCH3 is 2. The monoisotopic (exact) mass is 948 g/mol. The molecule has 0 amide bonds. The van der Waals surface area contributed by atoms with E-state index in [1.165, 1.54) is 0 Å². The quantitative estimate of drug-likeness (QED) is 0.0218. The van der Waals surface area contributed by atoms with Gasteiger partial charge in [0.2, 0.25) is 0 Å². The zero-order valence-electron chi connectivity index (χ0n) is 40.7. The van der Waals surface area contributed by atoms with Gasteiger partial charge in [0.25, 0.3) is 0 Å². The van der Waals surface area contributed by atoms with E-state index < -0.39 is 19.0 Å². The SMILES string of the molecule is COCCOCCOCCOc1ccc(/C=C/C2=NC(=C(/C(=O)OC(C)(C)C)c3c(C)cc(/C=C/c4ccc(OCCOCCOCCOC)c5ccccc45)n3B(F)F)/C(C)=C2)c2ccccc12. The van der Waals surface area contributed by atoms with Gasteiger partial charge in [-0.25, -0.2) is 9.79 Å². The molecular formula is C54H63BF2N2O10. The molecule has 1 aromatic heterocycles. The smallest absolute Gasteiger partial charge is 0.491 e. The van der Waals surface area contributed by atoms with E-state index in [4.69, 9.17) is 47.6 Å². The zero-order valence-corrected chi connectivity index (χ0v) is 40.7. The molecular weight excluding hydrogens is 885 g/mol. The minimum Gasteiger partial charge on any atom is -0.491 e.